The number of likely N-dealkylation sites (N-methyl/N-ethyl adjacent to an activating group) is 1. The molecule has 0 atom stereocenters. The quantitative estimate of drug-likeness (QED) is 0.187. The number of carbonyl (C=O) groups excluding carboxylic acids is 1. The number of urea groups is 1. The molecule has 2 aliphatic rings. The molecule has 0 spiro atoms. The van der Waals surface area contributed by atoms with E-state index in [9.17, 15) is 18.0 Å². The van der Waals surface area contributed by atoms with Crippen LogP contribution < -0.4 is 24.8 Å². The largest absolute Gasteiger partial charge is 0.573 e. The SMILES string of the molecule is CCN1CCN(c2ccc(Nc3ncc4c(n3)N(C)C(=O)N(c3cc(-c5ncc(-c6ccccc6OC(F)(F)F)[nH]5)ccc3C)C4)cn2)CC1. The maximum Gasteiger partial charge on any atom is 0.573 e. The summed E-state index contributed by atoms with van der Waals surface area (Å²) in [5.41, 5.74) is 4.18. The van der Waals surface area contributed by atoms with Crippen LogP contribution in [0.1, 0.15) is 18.1 Å². The van der Waals surface area contributed by atoms with Crippen LogP contribution in [-0.2, 0) is 6.54 Å². The number of H-pyrrole nitrogens is 1. The molecule has 50 heavy (non-hydrogen) atoms. The Balaban J connectivity index is 1.08. The summed E-state index contributed by atoms with van der Waals surface area (Å²) < 4.78 is 43.3. The molecule has 7 rings (SSSR count). The van der Waals surface area contributed by atoms with E-state index in [4.69, 9.17) is 0 Å². The van der Waals surface area contributed by atoms with Gasteiger partial charge in [-0.15, -0.1) is 13.2 Å². The van der Waals surface area contributed by atoms with Crippen LogP contribution >= 0.6 is 0 Å². The Morgan fingerprint density at radius 1 is 0.960 bits per heavy atom. The van der Waals surface area contributed by atoms with Gasteiger partial charge in [-0.3, -0.25) is 9.80 Å². The fourth-order valence-corrected chi connectivity index (χ4v) is 6.18. The third-order valence-electron chi connectivity index (χ3n) is 8.91. The van der Waals surface area contributed by atoms with E-state index in [-0.39, 0.29) is 23.9 Å². The molecular weight excluding hydrogens is 649 g/mol. The number of nitrogens with zero attached hydrogens (tertiary/aromatic N) is 8. The number of anilines is 5. The van der Waals surface area contributed by atoms with E-state index in [2.05, 4.69) is 51.7 Å². The molecule has 0 aliphatic carbocycles. The highest BCUT2D eigenvalue weighted by Crippen LogP contribution is 2.36. The van der Waals surface area contributed by atoms with Crippen molar-refractivity contribution < 1.29 is 22.7 Å². The average Bonchev–Trinajstić information content (AvgIpc) is 3.61. The lowest BCUT2D eigenvalue weighted by Gasteiger charge is -2.35. The summed E-state index contributed by atoms with van der Waals surface area (Å²) >= 11 is 0. The first-order chi connectivity index (χ1) is 24.1. The number of aryl methyl sites for hydroxylation is 1. The zero-order valence-electron chi connectivity index (χ0n) is 27.7. The van der Waals surface area contributed by atoms with Gasteiger partial charge < -0.3 is 24.8 Å². The van der Waals surface area contributed by atoms with Crippen LogP contribution in [0.4, 0.5) is 46.9 Å². The molecule has 2 aromatic carbocycles. The first-order valence-electron chi connectivity index (χ1n) is 16.2. The Morgan fingerprint density at radius 3 is 2.50 bits per heavy atom. The number of carbonyl (C=O) groups is 1. The molecule has 0 radical (unpaired) electrons. The molecule has 2 amide bonds. The van der Waals surface area contributed by atoms with Crippen LogP contribution in [0.3, 0.4) is 0 Å². The number of ether oxygens (including phenoxy) is 1. The number of hydrogen-bond acceptors (Lipinski definition) is 9. The summed E-state index contributed by atoms with van der Waals surface area (Å²) in [7, 11) is 1.66. The summed E-state index contributed by atoms with van der Waals surface area (Å²) in [6.45, 7) is 9.26. The topological polar surface area (TPSA) is 119 Å². The fourth-order valence-electron chi connectivity index (χ4n) is 6.18. The normalized spacial score (nSPS) is 15.3. The maximum absolute atomic E-state index is 13.8. The van der Waals surface area contributed by atoms with Crippen molar-refractivity contribution in [1.82, 2.24) is 29.8 Å². The number of fused-ring (bicyclic) bond motifs is 1. The van der Waals surface area contributed by atoms with Crippen molar-refractivity contribution in [3.05, 3.63) is 84.3 Å². The molecule has 2 aliphatic heterocycles. The number of nitrogens with one attached hydrogen (secondary N) is 2. The molecular formula is C35H35F3N10O2. The van der Waals surface area contributed by atoms with Gasteiger partial charge in [-0.1, -0.05) is 31.2 Å². The predicted molar refractivity (Wildman–Crippen MR) is 185 cm³/mol. The smallest absolute Gasteiger partial charge is 0.405 e. The van der Waals surface area contributed by atoms with Gasteiger partial charge in [0.1, 0.15) is 23.2 Å². The molecule has 1 saturated heterocycles. The van der Waals surface area contributed by atoms with E-state index in [0.717, 1.165) is 55.4 Å². The highest BCUT2D eigenvalue weighted by Gasteiger charge is 2.33. The molecule has 5 aromatic rings. The van der Waals surface area contributed by atoms with Crippen molar-refractivity contribution in [2.75, 3.05) is 59.8 Å². The number of piperazine rings is 1. The van der Waals surface area contributed by atoms with E-state index in [1.165, 1.54) is 29.3 Å². The molecule has 0 unspecified atom stereocenters. The Bertz CT molecular complexity index is 2010. The van der Waals surface area contributed by atoms with Crippen LogP contribution in [0.15, 0.2) is 73.2 Å². The van der Waals surface area contributed by atoms with Crippen molar-refractivity contribution >= 4 is 35.0 Å². The number of alkyl halides is 3. The molecule has 15 heteroatoms. The van der Waals surface area contributed by atoms with E-state index < -0.39 is 6.36 Å². The van der Waals surface area contributed by atoms with Crippen molar-refractivity contribution in [3.8, 4) is 28.4 Å². The third kappa shape index (κ3) is 6.76. The van der Waals surface area contributed by atoms with Crippen molar-refractivity contribution in [2.24, 2.45) is 0 Å². The van der Waals surface area contributed by atoms with Gasteiger partial charge in [-0.05, 0) is 49.4 Å². The number of hydrogen-bond donors (Lipinski definition) is 2. The van der Waals surface area contributed by atoms with Gasteiger partial charge in [0, 0.05) is 61.8 Å². The molecule has 258 valence electrons. The number of imidazole rings is 1. The first-order valence-corrected chi connectivity index (χ1v) is 16.2. The molecule has 12 nitrogen and oxygen atoms in total. The summed E-state index contributed by atoms with van der Waals surface area (Å²) in [5, 5.41) is 3.20. The zero-order chi connectivity index (χ0) is 35.0. The van der Waals surface area contributed by atoms with Crippen LogP contribution in [0.5, 0.6) is 5.75 Å². The summed E-state index contributed by atoms with van der Waals surface area (Å²) in [5.74, 6) is 1.84. The number of para-hydroxylation sites is 1. The van der Waals surface area contributed by atoms with Gasteiger partial charge in [0.25, 0.3) is 0 Å². The Labute approximate surface area is 286 Å². The Hall–Kier alpha value is -5.70. The summed E-state index contributed by atoms with van der Waals surface area (Å²) in [4.78, 5) is 42.9. The molecule has 2 N–H and O–H groups in total. The van der Waals surface area contributed by atoms with Gasteiger partial charge in [0.05, 0.1) is 30.3 Å². The van der Waals surface area contributed by atoms with Crippen LogP contribution in [0.2, 0.25) is 0 Å². The highest BCUT2D eigenvalue weighted by molar-refractivity contribution is 6.05. The molecule has 5 heterocycles. The predicted octanol–water partition coefficient (Wildman–Crippen LogP) is 6.60. The molecule has 0 bridgehead atoms. The van der Waals surface area contributed by atoms with Crippen molar-refractivity contribution in [2.45, 2.75) is 26.8 Å². The monoisotopic (exact) mass is 684 g/mol. The van der Waals surface area contributed by atoms with E-state index >= 15 is 0 Å². The second-order valence-corrected chi connectivity index (χ2v) is 12.1. The summed E-state index contributed by atoms with van der Waals surface area (Å²) in [6, 6.07) is 15.0. The lowest BCUT2D eigenvalue weighted by molar-refractivity contribution is -0.274. The minimum atomic E-state index is -4.84. The Kier molecular flexibility index (Phi) is 8.74. The van der Waals surface area contributed by atoms with Gasteiger partial charge in [-0.2, -0.15) is 4.98 Å². The van der Waals surface area contributed by atoms with Crippen molar-refractivity contribution in [1.29, 1.82) is 0 Å². The lowest BCUT2D eigenvalue weighted by Crippen LogP contribution is -2.46. The van der Waals surface area contributed by atoms with Crippen molar-refractivity contribution in [3.63, 3.8) is 0 Å². The molecule has 3 aromatic heterocycles. The number of aromatic nitrogens is 5. The van der Waals surface area contributed by atoms with Gasteiger partial charge in [-0.25, -0.2) is 19.7 Å². The number of amides is 2. The standard InChI is InChI=1S/C35H35F3N10O2/c1-4-46-13-15-47(16-14-46)30-12-11-25(19-39-30)42-33-41-18-24-21-48(34(49)45(3)32(24)44-33)28-17-23(10-9-22(28)2)31-40-20-27(43-31)26-7-5-6-8-29(26)50-35(36,37)38/h5-12,17-20H,4,13-16,21H2,1-3H3,(H,40,43)(H,41,42,44). The number of benzene rings is 2. The first kappa shape index (κ1) is 32.8. The minimum Gasteiger partial charge on any atom is -0.405 e. The number of aromatic amines is 1. The average molecular weight is 685 g/mol. The highest BCUT2D eigenvalue weighted by atomic mass is 19.4. The second kappa shape index (κ2) is 13.3. The molecule has 0 saturated carbocycles. The fraction of sp³-hybridized carbons (Fsp3) is 0.286. The van der Waals surface area contributed by atoms with Gasteiger partial charge in [0.15, 0.2) is 0 Å². The second-order valence-electron chi connectivity index (χ2n) is 12.1. The maximum atomic E-state index is 13.8. The third-order valence-corrected chi connectivity index (χ3v) is 8.91. The van der Waals surface area contributed by atoms with E-state index in [1.54, 1.807) is 30.4 Å². The zero-order valence-corrected chi connectivity index (χ0v) is 27.7. The van der Waals surface area contributed by atoms with Crippen LogP contribution in [0.25, 0.3) is 22.6 Å². The van der Waals surface area contributed by atoms with Crippen LogP contribution in [-0.4, -0.2) is 82.0 Å². The minimum absolute atomic E-state index is 0.212. The van der Waals surface area contributed by atoms with Gasteiger partial charge >= 0.3 is 12.4 Å². The number of pyridine rings is 1. The molecule has 1 fully saturated rings. The number of halogens is 3. The number of rotatable bonds is 8. The van der Waals surface area contributed by atoms with Gasteiger partial charge in [0.2, 0.25) is 5.95 Å². The van der Waals surface area contributed by atoms with E-state index in [1.807, 2.05) is 37.3 Å². The lowest BCUT2D eigenvalue weighted by atomic mass is 10.1. The summed E-state index contributed by atoms with van der Waals surface area (Å²) in [6.07, 6.45) is 0.0716. The van der Waals surface area contributed by atoms with Crippen LogP contribution in [0, 0.1) is 6.92 Å². The Morgan fingerprint density at radius 2 is 1.76 bits per heavy atom. The van der Waals surface area contributed by atoms with E-state index in [0.29, 0.717) is 34.5 Å².